The lowest BCUT2D eigenvalue weighted by atomic mass is 10.1. The Morgan fingerprint density at radius 3 is 2.31 bits per heavy atom. The van der Waals surface area contributed by atoms with Crippen LogP contribution in [0.2, 0.25) is 0 Å². The fraction of sp³-hybridized carbons (Fsp3) is 0.261. The van der Waals surface area contributed by atoms with E-state index in [1.165, 1.54) is 18.2 Å². The first-order valence-electron chi connectivity index (χ1n) is 10.2. The van der Waals surface area contributed by atoms with Crippen LogP contribution in [-0.4, -0.2) is 33.7 Å². The Hall–Kier alpha value is -4.09. The van der Waals surface area contributed by atoms with Gasteiger partial charge in [-0.25, -0.2) is 9.18 Å². The van der Waals surface area contributed by atoms with Gasteiger partial charge in [-0.15, -0.1) is 18.3 Å². The molecule has 0 aliphatic heterocycles. The molecule has 3 aromatic rings. The molecule has 1 heterocycles. The van der Waals surface area contributed by atoms with Gasteiger partial charge in [0.15, 0.2) is 0 Å². The third-order valence-electron chi connectivity index (χ3n) is 4.43. The minimum absolute atomic E-state index is 0.0893. The number of nitrogen functional groups attached to an aromatic ring is 1. The van der Waals surface area contributed by atoms with Gasteiger partial charge in [-0.1, -0.05) is 12.1 Å². The third kappa shape index (κ3) is 6.95. The summed E-state index contributed by atoms with van der Waals surface area (Å²) < 4.78 is 61.2. The number of nitrogens with two attached hydrogens (primary N) is 1. The van der Waals surface area contributed by atoms with Gasteiger partial charge in [-0.05, 0) is 51.1 Å². The van der Waals surface area contributed by atoms with Crippen molar-refractivity contribution in [3.05, 3.63) is 65.5 Å². The van der Waals surface area contributed by atoms with E-state index in [0.717, 1.165) is 22.9 Å². The van der Waals surface area contributed by atoms with Crippen molar-refractivity contribution in [1.82, 2.24) is 15.1 Å². The average Bonchev–Trinajstić information content (AvgIpc) is 3.14. The van der Waals surface area contributed by atoms with Gasteiger partial charge in [0.05, 0.1) is 5.69 Å². The van der Waals surface area contributed by atoms with E-state index in [1.54, 1.807) is 32.9 Å². The van der Waals surface area contributed by atoms with E-state index >= 15 is 0 Å². The maximum atomic E-state index is 14.0. The van der Waals surface area contributed by atoms with E-state index in [0.29, 0.717) is 11.3 Å². The number of alkyl halides is 3. The molecule has 0 unspecified atom stereocenters. The SMILES string of the molecule is CC(C)(C)OC(=O)n1nc(N)cc1-c1ccc(C(=O)NCc2cc(OC(F)(F)F)ccc2F)cc1. The standard InChI is InChI=1S/C23H22F4N4O4/c1-22(2,3)35-21(33)31-18(11-19(28)30-31)13-4-6-14(7-5-13)20(32)29-12-15-10-16(8-9-17(15)24)34-23(25,26)27/h4-11H,12H2,1-3H3,(H2,28,30)(H,29,32). The average molecular weight is 494 g/mol. The van der Waals surface area contributed by atoms with Crippen molar-refractivity contribution in [3.8, 4) is 17.0 Å². The molecule has 0 bridgehead atoms. The van der Waals surface area contributed by atoms with Gasteiger partial charge >= 0.3 is 12.5 Å². The number of carbonyl (C=O) groups is 2. The summed E-state index contributed by atoms with van der Waals surface area (Å²) in [6, 6.07) is 9.97. The summed E-state index contributed by atoms with van der Waals surface area (Å²) >= 11 is 0. The Balaban J connectivity index is 1.72. The zero-order valence-electron chi connectivity index (χ0n) is 18.9. The predicted octanol–water partition coefficient (Wildman–Crippen LogP) is 4.88. The number of halogens is 4. The smallest absolute Gasteiger partial charge is 0.442 e. The highest BCUT2D eigenvalue weighted by Gasteiger charge is 2.31. The van der Waals surface area contributed by atoms with E-state index in [2.05, 4.69) is 15.2 Å². The van der Waals surface area contributed by atoms with Crippen molar-refractivity contribution in [2.75, 3.05) is 5.73 Å². The summed E-state index contributed by atoms with van der Waals surface area (Å²) in [5.41, 5.74) is 5.84. The normalized spacial score (nSPS) is 11.7. The van der Waals surface area contributed by atoms with E-state index in [-0.39, 0.29) is 23.5 Å². The number of ether oxygens (including phenoxy) is 2. The lowest BCUT2D eigenvalue weighted by Crippen LogP contribution is -2.28. The lowest BCUT2D eigenvalue weighted by Gasteiger charge is -2.19. The summed E-state index contributed by atoms with van der Waals surface area (Å²) in [5.74, 6) is -1.92. The highest BCUT2D eigenvalue weighted by atomic mass is 19.4. The Morgan fingerprint density at radius 2 is 1.71 bits per heavy atom. The number of hydrogen-bond acceptors (Lipinski definition) is 6. The van der Waals surface area contributed by atoms with Crippen LogP contribution in [0.3, 0.4) is 0 Å². The number of nitrogens with one attached hydrogen (secondary N) is 1. The van der Waals surface area contributed by atoms with Crippen LogP contribution in [0.25, 0.3) is 11.3 Å². The number of rotatable bonds is 5. The van der Waals surface area contributed by atoms with Crippen molar-refractivity contribution in [2.45, 2.75) is 39.3 Å². The zero-order valence-corrected chi connectivity index (χ0v) is 18.9. The summed E-state index contributed by atoms with van der Waals surface area (Å²) in [7, 11) is 0. The van der Waals surface area contributed by atoms with Crippen LogP contribution < -0.4 is 15.8 Å². The Bertz CT molecular complexity index is 1230. The molecular weight excluding hydrogens is 472 g/mol. The molecule has 0 atom stereocenters. The van der Waals surface area contributed by atoms with Crippen LogP contribution in [-0.2, 0) is 11.3 Å². The van der Waals surface area contributed by atoms with Crippen LogP contribution in [0.4, 0.5) is 28.2 Å². The second kappa shape index (κ2) is 9.65. The molecule has 2 aromatic carbocycles. The van der Waals surface area contributed by atoms with Crippen LogP contribution >= 0.6 is 0 Å². The minimum Gasteiger partial charge on any atom is -0.442 e. The van der Waals surface area contributed by atoms with E-state index in [4.69, 9.17) is 10.5 Å². The van der Waals surface area contributed by atoms with Gasteiger partial charge in [0, 0.05) is 29.3 Å². The number of hydrogen-bond donors (Lipinski definition) is 2. The van der Waals surface area contributed by atoms with Gasteiger partial charge in [0.25, 0.3) is 5.91 Å². The summed E-state index contributed by atoms with van der Waals surface area (Å²) in [6.45, 7) is 4.74. The largest absolute Gasteiger partial charge is 0.573 e. The van der Waals surface area contributed by atoms with Crippen LogP contribution in [0, 0.1) is 5.82 Å². The number of nitrogens with zero attached hydrogens (tertiary/aromatic N) is 2. The number of amides is 1. The van der Waals surface area contributed by atoms with Crippen molar-refractivity contribution in [2.24, 2.45) is 0 Å². The second-order valence-electron chi connectivity index (χ2n) is 8.41. The molecule has 8 nitrogen and oxygen atoms in total. The predicted molar refractivity (Wildman–Crippen MR) is 118 cm³/mol. The van der Waals surface area contributed by atoms with E-state index in [9.17, 15) is 27.2 Å². The van der Waals surface area contributed by atoms with Crippen molar-refractivity contribution in [3.63, 3.8) is 0 Å². The van der Waals surface area contributed by atoms with Crippen molar-refractivity contribution < 1.29 is 36.6 Å². The molecule has 0 saturated heterocycles. The molecule has 1 amide bonds. The van der Waals surface area contributed by atoms with Crippen molar-refractivity contribution >= 4 is 17.8 Å². The van der Waals surface area contributed by atoms with Crippen LogP contribution in [0.1, 0.15) is 36.7 Å². The van der Waals surface area contributed by atoms with Crippen LogP contribution in [0.5, 0.6) is 5.75 Å². The summed E-state index contributed by atoms with van der Waals surface area (Å²) in [6.07, 6.45) is -5.66. The van der Waals surface area contributed by atoms with Gasteiger partial charge in [-0.2, -0.15) is 4.68 Å². The fourth-order valence-corrected chi connectivity index (χ4v) is 3.00. The maximum Gasteiger partial charge on any atom is 0.573 e. The fourth-order valence-electron chi connectivity index (χ4n) is 3.00. The lowest BCUT2D eigenvalue weighted by molar-refractivity contribution is -0.274. The number of carbonyl (C=O) groups excluding carboxylic acids is 2. The summed E-state index contributed by atoms with van der Waals surface area (Å²) in [4.78, 5) is 24.9. The highest BCUT2D eigenvalue weighted by molar-refractivity contribution is 5.94. The minimum atomic E-state index is -4.93. The molecule has 3 N–H and O–H groups in total. The second-order valence-corrected chi connectivity index (χ2v) is 8.41. The van der Waals surface area contributed by atoms with E-state index < -0.39 is 35.5 Å². The first-order chi connectivity index (χ1) is 16.2. The van der Waals surface area contributed by atoms with Crippen LogP contribution in [0.15, 0.2) is 48.5 Å². The molecule has 0 radical (unpaired) electrons. The Labute approximate surface area is 197 Å². The first-order valence-corrected chi connectivity index (χ1v) is 10.2. The molecule has 12 heteroatoms. The number of aromatic nitrogens is 2. The van der Waals surface area contributed by atoms with Gasteiger partial charge in [-0.3, -0.25) is 4.79 Å². The molecule has 0 saturated carbocycles. The molecule has 35 heavy (non-hydrogen) atoms. The molecule has 0 aliphatic carbocycles. The molecule has 1 aromatic heterocycles. The maximum absolute atomic E-state index is 14.0. The number of benzene rings is 2. The molecule has 186 valence electrons. The van der Waals surface area contributed by atoms with E-state index in [1.807, 2.05) is 0 Å². The monoisotopic (exact) mass is 494 g/mol. The first kappa shape index (κ1) is 25.5. The molecule has 0 aliphatic rings. The molecular formula is C23H22F4N4O4. The molecule has 0 fully saturated rings. The number of anilines is 1. The third-order valence-corrected chi connectivity index (χ3v) is 4.43. The Kier molecular flexibility index (Phi) is 7.04. The molecule has 3 rings (SSSR count). The Morgan fingerprint density at radius 1 is 1.06 bits per heavy atom. The quantitative estimate of drug-likeness (QED) is 0.490. The molecule has 0 spiro atoms. The van der Waals surface area contributed by atoms with Gasteiger partial charge < -0.3 is 20.5 Å². The van der Waals surface area contributed by atoms with Crippen molar-refractivity contribution in [1.29, 1.82) is 0 Å². The summed E-state index contributed by atoms with van der Waals surface area (Å²) in [5, 5.41) is 6.39. The van der Waals surface area contributed by atoms with Gasteiger partial charge in [0.2, 0.25) is 0 Å². The van der Waals surface area contributed by atoms with Gasteiger partial charge in [0.1, 0.15) is 23.0 Å². The highest BCUT2D eigenvalue weighted by Crippen LogP contribution is 2.26. The zero-order chi connectivity index (χ0) is 26.0. The topological polar surface area (TPSA) is 108 Å².